The van der Waals surface area contributed by atoms with Crippen LogP contribution in [-0.2, 0) is 0 Å². The lowest BCUT2D eigenvalue weighted by atomic mass is 9.96. The minimum Gasteiger partial charge on any atom is -0.497 e. The normalized spacial score (nSPS) is 14.9. The predicted octanol–water partition coefficient (Wildman–Crippen LogP) is 4.07. The fourth-order valence-electron chi connectivity index (χ4n) is 3.57. The van der Waals surface area contributed by atoms with Crippen LogP contribution in [0, 0.1) is 6.92 Å². The third-order valence-electron chi connectivity index (χ3n) is 5.28. The van der Waals surface area contributed by atoms with Crippen LogP contribution in [0.3, 0.4) is 0 Å². The van der Waals surface area contributed by atoms with E-state index in [0.717, 1.165) is 29.7 Å². The van der Waals surface area contributed by atoms with Gasteiger partial charge in [0, 0.05) is 30.1 Å². The molecule has 1 amide bonds. The molecule has 0 radical (unpaired) electrons. The molecule has 0 N–H and O–H groups in total. The minimum atomic E-state index is 0.0484. The van der Waals surface area contributed by atoms with Crippen LogP contribution in [0.4, 0.5) is 0 Å². The molecule has 28 heavy (non-hydrogen) atoms. The highest BCUT2D eigenvalue weighted by Gasteiger charge is 2.28. The molecule has 1 saturated heterocycles. The Morgan fingerprint density at radius 1 is 1.07 bits per heavy atom. The Bertz CT molecular complexity index is 957. The van der Waals surface area contributed by atoms with Crippen LogP contribution in [0.15, 0.2) is 52.9 Å². The zero-order valence-corrected chi connectivity index (χ0v) is 16.1. The molecule has 144 valence electrons. The molecule has 0 unspecified atom stereocenters. The average Bonchev–Trinajstić information content (AvgIpc) is 3.24. The molecule has 0 saturated carbocycles. The summed E-state index contributed by atoms with van der Waals surface area (Å²) in [4.78, 5) is 14.6. The summed E-state index contributed by atoms with van der Waals surface area (Å²) in [6.07, 6.45) is 1.63. The van der Waals surface area contributed by atoms with Gasteiger partial charge in [-0.15, -0.1) is 10.2 Å². The number of piperidine rings is 1. The van der Waals surface area contributed by atoms with E-state index in [1.54, 1.807) is 19.2 Å². The first kappa shape index (κ1) is 18.2. The lowest BCUT2D eigenvalue weighted by molar-refractivity contribution is 0.0706. The summed E-state index contributed by atoms with van der Waals surface area (Å²) in [5.74, 6) is 2.20. The van der Waals surface area contributed by atoms with Crippen molar-refractivity contribution >= 4 is 5.91 Å². The van der Waals surface area contributed by atoms with E-state index in [1.165, 1.54) is 0 Å². The number of likely N-dealkylation sites (tertiary alicyclic amines) is 1. The van der Waals surface area contributed by atoms with Crippen molar-refractivity contribution < 1.29 is 13.9 Å². The van der Waals surface area contributed by atoms with Crippen molar-refractivity contribution in [3.8, 4) is 17.2 Å². The standard InChI is InChI=1S/C22H23N3O3/c1-15-5-3-4-6-19(15)21-24-23-20(28-21)16-11-13-25(14-12-16)22(26)17-7-9-18(27-2)10-8-17/h3-10,16H,11-14H2,1-2H3. The second-order valence-corrected chi connectivity index (χ2v) is 7.06. The van der Waals surface area contributed by atoms with Crippen LogP contribution >= 0.6 is 0 Å². The van der Waals surface area contributed by atoms with Gasteiger partial charge in [-0.3, -0.25) is 4.79 Å². The summed E-state index contributed by atoms with van der Waals surface area (Å²) in [6.45, 7) is 3.39. The Labute approximate surface area is 164 Å². The third-order valence-corrected chi connectivity index (χ3v) is 5.28. The Morgan fingerprint density at radius 2 is 1.79 bits per heavy atom. The Balaban J connectivity index is 1.40. The van der Waals surface area contributed by atoms with Gasteiger partial charge in [0.15, 0.2) is 0 Å². The van der Waals surface area contributed by atoms with E-state index in [4.69, 9.17) is 9.15 Å². The number of rotatable bonds is 4. The fourth-order valence-corrected chi connectivity index (χ4v) is 3.57. The topological polar surface area (TPSA) is 68.5 Å². The molecule has 2 heterocycles. The molecular weight excluding hydrogens is 354 g/mol. The average molecular weight is 377 g/mol. The zero-order valence-electron chi connectivity index (χ0n) is 16.1. The van der Waals surface area contributed by atoms with Gasteiger partial charge < -0.3 is 14.1 Å². The number of carbonyl (C=O) groups excluding carboxylic acids is 1. The van der Waals surface area contributed by atoms with Crippen molar-refractivity contribution in [3.63, 3.8) is 0 Å². The number of benzene rings is 2. The van der Waals surface area contributed by atoms with E-state index in [0.29, 0.717) is 30.4 Å². The number of aryl methyl sites for hydroxylation is 1. The fraction of sp³-hybridized carbons (Fsp3) is 0.318. The maximum atomic E-state index is 12.7. The molecule has 1 aliphatic rings. The number of carbonyl (C=O) groups is 1. The molecule has 6 heteroatoms. The lowest BCUT2D eigenvalue weighted by Gasteiger charge is -2.30. The van der Waals surface area contributed by atoms with Crippen molar-refractivity contribution in [2.75, 3.05) is 20.2 Å². The number of hydrogen-bond acceptors (Lipinski definition) is 5. The van der Waals surface area contributed by atoms with Gasteiger partial charge in [-0.1, -0.05) is 18.2 Å². The monoisotopic (exact) mass is 377 g/mol. The second-order valence-electron chi connectivity index (χ2n) is 7.06. The number of amides is 1. The molecule has 4 rings (SSSR count). The molecule has 1 fully saturated rings. The van der Waals surface area contributed by atoms with Crippen molar-refractivity contribution in [1.29, 1.82) is 0 Å². The van der Waals surface area contributed by atoms with Gasteiger partial charge >= 0.3 is 0 Å². The Kier molecular flexibility index (Phi) is 5.10. The van der Waals surface area contributed by atoms with Crippen LogP contribution < -0.4 is 4.74 Å². The second kappa shape index (κ2) is 7.84. The number of methoxy groups -OCH3 is 1. The summed E-state index contributed by atoms with van der Waals surface area (Å²) in [5.41, 5.74) is 2.75. The summed E-state index contributed by atoms with van der Waals surface area (Å²) < 4.78 is 11.1. The third kappa shape index (κ3) is 3.63. The van der Waals surface area contributed by atoms with Crippen LogP contribution in [0.1, 0.15) is 40.6 Å². The largest absolute Gasteiger partial charge is 0.497 e. The predicted molar refractivity (Wildman–Crippen MR) is 105 cm³/mol. The van der Waals surface area contributed by atoms with Gasteiger partial charge in [-0.25, -0.2) is 0 Å². The van der Waals surface area contributed by atoms with Gasteiger partial charge in [0.2, 0.25) is 11.8 Å². The summed E-state index contributed by atoms with van der Waals surface area (Å²) in [7, 11) is 1.61. The van der Waals surface area contributed by atoms with Crippen molar-refractivity contribution in [1.82, 2.24) is 15.1 Å². The molecule has 3 aromatic rings. The SMILES string of the molecule is COc1ccc(C(=O)N2CCC(c3nnc(-c4ccccc4C)o3)CC2)cc1. The molecule has 2 aromatic carbocycles. The first-order valence-electron chi connectivity index (χ1n) is 9.48. The van der Waals surface area contributed by atoms with E-state index >= 15 is 0 Å². The molecule has 0 atom stereocenters. The smallest absolute Gasteiger partial charge is 0.253 e. The van der Waals surface area contributed by atoms with E-state index in [1.807, 2.05) is 48.2 Å². The summed E-state index contributed by atoms with van der Waals surface area (Å²) >= 11 is 0. The highest BCUT2D eigenvalue weighted by Crippen LogP contribution is 2.30. The number of hydrogen-bond donors (Lipinski definition) is 0. The number of ether oxygens (including phenoxy) is 1. The van der Waals surface area contributed by atoms with Crippen LogP contribution in [0.25, 0.3) is 11.5 Å². The highest BCUT2D eigenvalue weighted by molar-refractivity contribution is 5.94. The van der Waals surface area contributed by atoms with Gasteiger partial charge in [-0.2, -0.15) is 0 Å². The summed E-state index contributed by atoms with van der Waals surface area (Å²) in [5, 5.41) is 8.50. The number of nitrogens with zero attached hydrogens (tertiary/aromatic N) is 3. The van der Waals surface area contributed by atoms with Crippen LogP contribution in [0.2, 0.25) is 0 Å². The van der Waals surface area contributed by atoms with E-state index in [2.05, 4.69) is 10.2 Å². The Morgan fingerprint density at radius 3 is 2.46 bits per heavy atom. The van der Waals surface area contributed by atoms with E-state index in [9.17, 15) is 4.79 Å². The first-order valence-corrected chi connectivity index (χ1v) is 9.48. The quantitative estimate of drug-likeness (QED) is 0.685. The molecule has 0 aliphatic carbocycles. The Hall–Kier alpha value is -3.15. The van der Waals surface area contributed by atoms with Crippen molar-refractivity contribution in [2.24, 2.45) is 0 Å². The van der Waals surface area contributed by atoms with Gasteiger partial charge in [0.05, 0.1) is 7.11 Å². The molecular formula is C22H23N3O3. The molecule has 6 nitrogen and oxygen atoms in total. The molecule has 0 spiro atoms. The first-order chi connectivity index (χ1) is 13.7. The number of aromatic nitrogens is 2. The van der Waals surface area contributed by atoms with Gasteiger partial charge in [-0.05, 0) is 55.7 Å². The molecule has 1 aromatic heterocycles. The van der Waals surface area contributed by atoms with E-state index < -0.39 is 0 Å². The maximum absolute atomic E-state index is 12.7. The van der Waals surface area contributed by atoms with Gasteiger partial charge in [0.25, 0.3) is 5.91 Å². The zero-order chi connectivity index (χ0) is 19.5. The van der Waals surface area contributed by atoms with Crippen LogP contribution in [0.5, 0.6) is 5.75 Å². The molecule has 1 aliphatic heterocycles. The minimum absolute atomic E-state index is 0.0484. The summed E-state index contributed by atoms with van der Waals surface area (Å²) in [6, 6.07) is 15.2. The van der Waals surface area contributed by atoms with Crippen LogP contribution in [-0.4, -0.2) is 41.2 Å². The molecule has 0 bridgehead atoms. The highest BCUT2D eigenvalue weighted by atomic mass is 16.5. The van der Waals surface area contributed by atoms with Crippen molar-refractivity contribution in [2.45, 2.75) is 25.7 Å². The van der Waals surface area contributed by atoms with E-state index in [-0.39, 0.29) is 11.8 Å². The lowest BCUT2D eigenvalue weighted by Crippen LogP contribution is -2.38. The van der Waals surface area contributed by atoms with Gasteiger partial charge in [0.1, 0.15) is 5.75 Å². The van der Waals surface area contributed by atoms with Crippen molar-refractivity contribution in [3.05, 3.63) is 65.5 Å². The maximum Gasteiger partial charge on any atom is 0.253 e.